The van der Waals surface area contributed by atoms with Gasteiger partial charge in [0.15, 0.2) is 18.1 Å². The summed E-state index contributed by atoms with van der Waals surface area (Å²) in [4.78, 5) is 58.0. The Hall–Kier alpha value is -4.38. The molecule has 11 nitrogen and oxygen atoms in total. The first kappa shape index (κ1) is 33.5. The summed E-state index contributed by atoms with van der Waals surface area (Å²) in [6.45, 7) is 6.35. The van der Waals surface area contributed by atoms with Crippen LogP contribution < -0.4 is 25.7 Å². The van der Waals surface area contributed by atoms with E-state index in [1.54, 1.807) is 31.0 Å². The standard InChI is InChI=1S/C34H45N5O6/c1-23-8-11-28-26(18-23)20-27(33(42)37-28)21-39-16-6-5-15-38(3)34(43)24(2)36-32(41)22-45-30-19-25(9-12-29(30)44-4)10-13-31(40)35-14-7-17-39/h8-9,11-12,18-20,24H,5-7,10,13-17,21-22H2,1-4H3,(H,35,40)(H,36,41)(H,37,42)/t24-/m0/s1. The molecule has 0 spiro atoms. The molecule has 0 unspecified atom stereocenters. The van der Waals surface area contributed by atoms with Crippen molar-refractivity contribution in [1.29, 1.82) is 0 Å². The van der Waals surface area contributed by atoms with E-state index in [2.05, 4.69) is 26.6 Å². The number of hydrogen-bond acceptors (Lipinski definition) is 7. The predicted molar refractivity (Wildman–Crippen MR) is 173 cm³/mol. The second kappa shape index (κ2) is 16.1. The number of pyridine rings is 1. The highest BCUT2D eigenvalue weighted by Crippen LogP contribution is 2.28. The molecule has 1 atom stereocenters. The number of carbonyl (C=O) groups is 3. The van der Waals surface area contributed by atoms with Gasteiger partial charge in [0.25, 0.3) is 11.5 Å². The highest BCUT2D eigenvalue weighted by molar-refractivity contribution is 5.87. The zero-order valence-electron chi connectivity index (χ0n) is 26.7. The number of amides is 3. The molecule has 0 fully saturated rings. The largest absolute Gasteiger partial charge is 0.493 e. The number of rotatable bonds is 3. The summed E-state index contributed by atoms with van der Waals surface area (Å²) in [7, 11) is 3.25. The summed E-state index contributed by atoms with van der Waals surface area (Å²) in [5.41, 5.74) is 3.39. The molecule has 3 aromatic rings. The van der Waals surface area contributed by atoms with E-state index < -0.39 is 11.9 Å². The molecule has 242 valence electrons. The highest BCUT2D eigenvalue weighted by Gasteiger charge is 2.20. The van der Waals surface area contributed by atoms with Crippen LogP contribution in [-0.4, -0.2) is 85.5 Å². The molecule has 1 aliphatic rings. The number of H-pyrrole nitrogens is 1. The molecule has 2 heterocycles. The molecule has 0 saturated heterocycles. The van der Waals surface area contributed by atoms with E-state index in [0.29, 0.717) is 56.1 Å². The van der Waals surface area contributed by atoms with Gasteiger partial charge in [-0.05, 0) is 87.4 Å². The molecule has 0 saturated carbocycles. The zero-order valence-corrected chi connectivity index (χ0v) is 26.7. The van der Waals surface area contributed by atoms with Gasteiger partial charge in [0.05, 0.1) is 7.11 Å². The SMILES string of the molecule is COc1ccc2cc1OCC(=O)N[C@@H](C)C(=O)N(C)CCCCN(Cc1cc3cc(C)ccc3[nH]c1=O)CCCNC(=O)CC2. The molecule has 1 aromatic heterocycles. The van der Waals surface area contributed by atoms with Gasteiger partial charge in [0.2, 0.25) is 11.8 Å². The number of aryl methyl sites for hydroxylation is 2. The second-order valence-electron chi connectivity index (χ2n) is 11.7. The van der Waals surface area contributed by atoms with Gasteiger partial charge >= 0.3 is 0 Å². The Labute approximate surface area is 264 Å². The Kier molecular flexibility index (Phi) is 12.0. The van der Waals surface area contributed by atoms with Gasteiger partial charge in [-0.25, -0.2) is 0 Å². The van der Waals surface area contributed by atoms with E-state index in [0.717, 1.165) is 47.8 Å². The Morgan fingerprint density at radius 2 is 1.71 bits per heavy atom. The number of fused-ring (bicyclic) bond motifs is 3. The van der Waals surface area contributed by atoms with Gasteiger partial charge in [-0.3, -0.25) is 24.1 Å². The Balaban J connectivity index is 1.47. The predicted octanol–water partition coefficient (Wildman–Crippen LogP) is 2.92. The summed E-state index contributed by atoms with van der Waals surface area (Å²) >= 11 is 0. The summed E-state index contributed by atoms with van der Waals surface area (Å²) in [5, 5.41) is 6.72. The highest BCUT2D eigenvalue weighted by atomic mass is 16.5. The fourth-order valence-corrected chi connectivity index (χ4v) is 5.48. The zero-order chi connectivity index (χ0) is 32.3. The number of nitrogens with one attached hydrogen (secondary N) is 3. The van der Waals surface area contributed by atoms with Crippen LogP contribution in [0.2, 0.25) is 0 Å². The third-order valence-corrected chi connectivity index (χ3v) is 8.01. The van der Waals surface area contributed by atoms with Crippen molar-refractivity contribution < 1.29 is 23.9 Å². The first-order valence-corrected chi connectivity index (χ1v) is 15.6. The van der Waals surface area contributed by atoms with Gasteiger partial charge in [-0.1, -0.05) is 17.7 Å². The van der Waals surface area contributed by atoms with Crippen LogP contribution in [0.1, 0.15) is 49.3 Å². The van der Waals surface area contributed by atoms with Gasteiger partial charge < -0.3 is 30.0 Å². The van der Waals surface area contributed by atoms with Crippen molar-refractivity contribution in [3.63, 3.8) is 0 Å². The lowest BCUT2D eigenvalue weighted by Gasteiger charge is -2.24. The number of benzene rings is 2. The van der Waals surface area contributed by atoms with Crippen LogP contribution in [0.15, 0.2) is 47.3 Å². The van der Waals surface area contributed by atoms with E-state index in [1.807, 2.05) is 31.2 Å². The smallest absolute Gasteiger partial charge is 0.258 e. The summed E-state index contributed by atoms with van der Waals surface area (Å²) in [6, 6.07) is 12.6. The van der Waals surface area contributed by atoms with E-state index in [1.165, 1.54) is 7.11 Å². The molecule has 3 amide bonds. The molecular weight excluding hydrogens is 574 g/mol. The summed E-state index contributed by atoms with van der Waals surface area (Å²) < 4.78 is 11.1. The topological polar surface area (TPSA) is 133 Å². The Morgan fingerprint density at radius 3 is 2.51 bits per heavy atom. The molecule has 45 heavy (non-hydrogen) atoms. The fraction of sp³-hybridized carbons (Fsp3) is 0.471. The number of carbonyl (C=O) groups excluding carboxylic acids is 3. The summed E-state index contributed by atoms with van der Waals surface area (Å²) in [6.07, 6.45) is 3.08. The summed E-state index contributed by atoms with van der Waals surface area (Å²) in [5.74, 6) is 0.205. The normalized spacial score (nSPS) is 18.7. The lowest BCUT2D eigenvalue weighted by molar-refractivity contribution is -0.135. The third kappa shape index (κ3) is 9.81. The maximum atomic E-state index is 12.9. The first-order valence-electron chi connectivity index (χ1n) is 15.6. The number of aromatic nitrogens is 1. The van der Waals surface area contributed by atoms with Crippen LogP contribution in [0, 0.1) is 6.92 Å². The van der Waals surface area contributed by atoms with Gasteiger partial charge in [-0.15, -0.1) is 0 Å². The van der Waals surface area contributed by atoms with Gasteiger partial charge in [0.1, 0.15) is 6.04 Å². The maximum absolute atomic E-state index is 12.9. The Morgan fingerprint density at radius 1 is 0.933 bits per heavy atom. The molecule has 0 radical (unpaired) electrons. The average molecular weight is 620 g/mol. The number of ether oxygens (including phenoxy) is 2. The minimum absolute atomic E-state index is 0.0515. The average Bonchev–Trinajstić information content (AvgIpc) is 3.02. The molecule has 3 N–H and O–H groups in total. The van der Waals surface area contributed by atoms with Crippen LogP contribution in [0.5, 0.6) is 11.5 Å². The molecule has 2 aromatic carbocycles. The quantitative estimate of drug-likeness (QED) is 0.411. The fourth-order valence-electron chi connectivity index (χ4n) is 5.48. The van der Waals surface area contributed by atoms with Crippen LogP contribution >= 0.6 is 0 Å². The lowest BCUT2D eigenvalue weighted by atomic mass is 10.1. The van der Waals surface area contributed by atoms with Crippen LogP contribution in [0.25, 0.3) is 10.9 Å². The van der Waals surface area contributed by atoms with Crippen molar-refractivity contribution in [2.75, 3.05) is 46.9 Å². The molecule has 1 aliphatic heterocycles. The maximum Gasteiger partial charge on any atom is 0.258 e. The minimum Gasteiger partial charge on any atom is -0.493 e. The van der Waals surface area contributed by atoms with Crippen LogP contribution in [0.3, 0.4) is 0 Å². The molecule has 4 rings (SSSR count). The third-order valence-electron chi connectivity index (χ3n) is 8.01. The van der Waals surface area contributed by atoms with Crippen molar-refractivity contribution in [3.05, 3.63) is 69.5 Å². The van der Waals surface area contributed by atoms with Gasteiger partial charge in [-0.2, -0.15) is 0 Å². The van der Waals surface area contributed by atoms with Crippen LogP contribution in [0.4, 0.5) is 0 Å². The van der Waals surface area contributed by atoms with Crippen molar-refractivity contribution >= 4 is 28.6 Å². The van der Waals surface area contributed by atoms with Crippen molar-refractivity contribution in [3.8, 4) is 11.5 Å². The number of methoxy groups -OCH3 is 1. The van der Waals surface area contributed by atoms with Crippen molar-refractivity contribution in [1.82, 2.24) is 25.4 Å². The minimum atomic E-state index is -0.713. The van der Waals surface area contributed by atoms with Gasteiger partial charge in [0, 0.05) is 50.7 Å². The van der Waals surface area contributed by atoms with E-state index >= 15 is 0 Å². The number of hydrogen-bond donors (Lipinski definition) is 3. The molecule has 0 aliphatic carbocycles. The second-order valence-corrected chi connectivity index (χ2v) is 11.7. The van der Waals surface area contributed by atoms with Crippen molar-refractivity contribution in [2.24, 2.45) is 0 Å². The Bertz CT molecular complexity index is 1550. The molecular formula is C34H45N5O6. The molecule has 11 heteroatoms. The van der Waals surface area contributed by atoms with Crippen LogP contribution in [-0.2, 0) is 27.3 Å². The van der Waals surface area contributed by atoms with E-state index in [-0.39, 0.29) is 24.0 Å². The monoisotopic (exact) mass is 619 g/mol. The lowest BCUT2D eigenvalue weighted by Crippen LogP contribution is -2.47. The first-order chi connectivity index (χ1) is 21.6. The van der Waals surface area contributed by atoms with E-state index in [9.17, 15) is 19.2 Å². The van der Waals surface area contributed by atoms with E-state index in [4.69, 9.17) is 9.47 Å². The van der Waals surface area contributed by atoms with Crippen molar-refractivity contribution in [2.45, 2.75) is 58.5 Å². The molecule has 2 bridgehead atoms. The number of nitrogens with zero attached hydrogens (tertiary/aromatic N) is 2. The number of likely N-dealkylation sites (N-methyl/N-ethyl adjacent to an activating group) is 1. The number of aromatic amines is 1.